The summed E-state index contributed by atoms with van der Waals surface area (Å²) < 4.78 is 5.27. The average Bonchev–Trinajstić information content (AvgIpc) is 2.22. The van der Waals surface area contributed by atoms with Gasteiger partial charge in [-0.05, 0) is 18.3 Å². The Morgan fingerprint density at radius 1 is 1.06 bits per heavy atom. The number of rotatable bonds is 9. The van der Waals surface area contributed by atoms with Gasteiger partial charge in [0, 0.05) is 6.42 Å². The quantitative estimate of drug-likeness (QED) is 0.434. The van der Waals surface area contributed by atoms with Crippen molar-refractivity contribution < 1.29 is 9.53 Å². The summed E-state index contributed by atoms with van der Waals surface area (Å²) in [5.41, 5.74) is 0.136. The first-order valence-corrected chi connectivity index (χ1v) is 6.67. The lowest BCUT2D eigenvalue weighted by molar-refractivity contribution is -0.146. The van der Waals surface area contributed by atoms with E-state index in [1.54, 1.807) is 0 Å². The number of carbonyl (C=O) groups excluding carboxylic acids is 1. The topological polar surface area (TPSA) is 26.3 Å². The third-order valence-electron chi connectivity index (χ3n) is 2.79. The predicted octanol–water partition coefficient (Wildman–Crippen LogP) is 4.33. The zero-order valence-electron chi connectivity index (χ0n) is 11.5. The second-order valence-electron chi connectivity index (χ2n) is 5.39. The summed E-state index contributed by atoms with van der Waals surface area (Å²) in [7, 11) is 0. The van der Waals surface area contributed by atoms with Crippen LogP contribution in [0.25, 0.3) is 0 Å². The first kappa shape index (κ1) is 15.5. The average molecular weight is 228 g/mol. The van der Waals surface area contributed by atoms with Crippen LogP contribution in [0.15, 0.2) is 0 Å². The van der Waals surface area contributed by atoms with Crippen molar-refractivity contribution in [3.8, 4) is 0 Å². The molecule has 0 saturated heterocycles. The van der Waals surface area contributed by atoms with E-state index < -0.39 is 0 Å². The van der Waals surface area contributed by atoms with Crippen molar-refractivity contribution >= 4 is 5.97 Å². The maximum Gasteiger partial charge on any atom is 0.305 e. The Kier molecular flexibility index (Phi) is 8.32. The molecule has 0 aliphatic rings. The maximum absolute atomic E-state index is 11.2. The Morgan fingerprint density at radius 3 is 2.31 bits per heavy atom. The molecule has 16 heavy (non-hydrogen) atoms. The fourth-order valence-corrected chi connectivity index (χ4v) is 1.65. The van der Waals surface area contributed by atoms with Gasteiger partial charge in [-0.15, -0.1) is 0 Å². The highest BCUT2D eigenvalue weighted by Crippen LogP contribution is 2.24. The van der Waals surface area contributed by atoms with Crippen molar-refractivity contribution in [2.75, 3.05) is 6.61 Å². The number of unbranched alkanes of at least 4 members (excludes halogenated alkanes) is 3. The van der Waals surface area contributed by atoms with Crippen LogP contribution < -0.4 is 0 Å². The minimum atomic E-state index is -0.0517. The van der Waals surface area contributed by atoms with Crippen molar-refractivity contribution in [2.45, 2.75) is 72.6 Å². The number of hydrogen-bond acceptors (Lipinski definition) is 2. The van der Waals surface area contributed by atoms with Crippen LogP contribution in [0.4, 0.5) is 0 Å². The monoisotopic (exact) mass is 228 g/mol. The summed E-state index contributed by atoms with van der Waals surface area (Å²) in [5.74, 6) is -0.0517. The fourth-order valence-electron chi connectivity index (χ4n) is 1.65. The van der Waals surface area contributed by atoms with Crippen molar-refractivity contribution in [1.82, 2.24) is 0 Å². The molecule has 0 fully saturated rings. The second-order valence-corrected chi connectivity index (χ2v) is 5.39. The van der Waals surface area contributed by atoms with Gasteiger partial charge in [-0.2, -0.15) is 0 Å². The summed E-state index contributed by atoms with van der Waals surface area (Å²) in [4.78, 5) is 11.2. The molecule has 0 radical (unpaired) electrons. The molecule has 0 spiro atoms. The maximum atomic E-state index is 11.2. The van der Waals surface area contributed by atoms with Crippen LogP contribution in [-0.2, 0) is 9.53 Å². The molecular weight excluding hydrogens is 200 g/mol. The van der Waals surface area contributed by atoms with Crippen molar-refractivity contribution in [1.29, 1.82) is 0 Å². The van der Waals surface area contributed by atoms with E-state index in [1.165, 1.54) is 25.7 Å². The smallest absolute Gasteiger partial charge is 0.305 e. The SMILES string of the molecule is CCCCCCC(C)(C)COC(=O)CCC. The molecule has 0 amide bonds. The Bertz CT molecular complexity index is 185. The van der Waals surface area contributed by atoms with Crippen LogP contribution in [0.5, 0.6) is 0 Å². The van der Waals surface area contributed by atoms with Crippen LogP contribution in [0, 0.1) is 5.41 Å². The highest BCUT2D eigenvalue weighted by Gasteiger charge is 2.19. The van der Waals surface area contributed by atoms with Crippen molar-refractivity contribution in [3.63, 3.8) is 0 Å². The predicted molar refractivity (Wildman–Crippen MR) is 68.4 cm³/mol. The molecule has 0 atom stereocenters. The molecule has 0 aromatic rings. The van der Waals surface area contributed by atoms with E-state index in [4.69, 9.17) is 4.74 Å². The summed E-state index contributed by atoms with van der Waals surface area (Å²) in [6.45, 7) is 9.14. The molecule has 0 aromatic carbocycles. The highest BCUT2D eigenvalue weighted by atomic mass is 16.5. The lowest BCUT2D eigenvalue weighted by Crippen LogP contribution is -2.21. The van der Waals surface area contributed by atoms with E-state index >= 15 is 0 Å². The summed E-state index contributed by atoms with van der Waals surface area (Å²) in [6, 6.07) is 0. The van der Waals surface area contributed by atoms with E-state index in [0.29, 0.717) is 13.0 Å². The molecule has 96 valence electrons. The van der Waals surface area contributed by atoms with E-state index in [1.807, 2.05) is 6.92 Å². The first-order chi connectivity index (χ1) is 7.52. The van der Waals surface area contributed by atoms with Crippen LogP contribution in [0.2, 0.25) is 0 Å². The molecule has 0 unspecified atom stereocenters. The Balaban J connectivity index is 3.64. The van der Waals surface area contributed by atoms with Gasteiger partial charge in [0.2, 0.25) is 0 Å². The van der Waals surface area contributed by atoms with Gasteiger partial charge in [0.05, 0.1) is 6.61 Å². The molecule has 0 rings (SSSR count). The molecule has 0 N–H and O–H groups in total. The Morgan fingerprint density at radius 2 is 1.75 bits per heavy atom. The number of esters is 1. The lowest BCUT2D eigenvalue weighted by Gasteiger charge is -2.24. The lowest BCUT2D eigenvalue weighted by atomic mass is 9.88. The van der Waals surface area contributed by atoms with E-state index in [2.05, 4.69) is 20.8 Å². The molecule has 2 nitrogen and oxygen atoms in total. The molecule has 0 saturated carbocycles. The third-order valence-corrected chi connectivity index (χ3v) is 2.79. The fraction of sp³-hybridized carbons (Fsp3) is 0.929. The van der Waals surface area contributed by atoms with Gasteiger partial charge in [0.15, 0.2) is 0 Å². The minimum absolute atomic E-state index is 0.0517. The second kappa shape index (κ2) is 8.60. The van der Waals surface area contributed by atoms with E-state index in [0.717, 1.165) is 12.8 Å². The number of hydrogen-bond donors (Lipinski definition) is 0. The molecule has 0 aliphatic carbocycles. The zero-order chi connectivity index (χ0) is 12.4. The molecule has 0 bridgehead atoms. The van der Waals surface area contributed by atoms with Crippen LogP contribution in [0.1, 0.15) is 72.6 Å². The molecule has 0 aromatic heterocycles. The number of ether oxygens (including phenoxy) is 1. The zero-order valence-corrected chi connectivity index (χ0v) is 11.5. The van der Waals surface area contributed by atoms with Gasteiger partial charge in [0.25, 0.3) is 0 Å². The normalized spacial score (nSPS) is 11.5. The highest BCUT2D eigenvalue weighted by molar-refractivity contribution is 5.69. The van der Waals surface area contributed by atoms with Crippen molar-refractivity contribution in [2.24, 2.45) is 5.41 Å². The summed E-state index contributed by atoms with van der Waals surface area (Å²) in [5, 5.41) is 0. The van der Waals surface area contributed by atoms with Gasteiger partial charge < -0.3 is 4.74 Å². The molecular formula is C14H28O2. The standard InChI is InChI=1S/C14H28O2/c1-5-7-8-9-11-14(3,4)12-16-13(15)10-6-2/h5-12H2,1-4H3. The van der Waals surface area contributed by atoms with Crippen LogP contribution in [0.3, 0.4) is 0 Å². The van der Waals surface area contributed by atoms with Gasteiger partial charge >= 0.3 is 5.97 Å². The molecule has 0 heterocycles. The van der Waals surface area contributed by atoms with Gasteiger partial charge in [-0.25, -0.2) is 0 Å². The minimum Gasteiger partial charge on any atom is -0.465 e. The molecule has 0 aliphatic heterocycles. The van der Waals surface area contributed by atoms with Gasteiger partial charge in [-0.1, -0.05) is 53.4 Å². The Labute approximate surface area is 101 Å². The van der Waals surface area contributed by atoms with E-state index in [-0.39, 0.29) is 11.4 Å². The Hall–Kier alpha value is -0.530. The van der Waals surface area contributed by atoms with Gasteiger partial charge in [0.1, 0.15) is 0 Å². The number of carbonyl (C=O) groups is 1. The van der Waals surface area contributed by atoms with E-state index in [9.17, 15) is 4.79 Å². The molecule has 2 heteroatoms. The van der Waals surface area contributed by atoms with Crippen molar-refractivity contribution in [3.05, 3.63) is 0 Å². The third kappa shape index (κ3) is 8.75. The first-order valence-electron chi connectivity index (χ1n) is 6.67. The largest absolute Gasteiger partial charge is 0.465 e. The van der Waals surface area contributed by atoms with Crippen LogP contribution in [-0.4, -0.2) is 12.6 Å². The van der Waals surface area contributed by atoms with Gasteiger partial charge in [-0.3, -0.25) is 4.79 Å². The summed E-state index contributed by atoms with van der Waals surface area (Å²) in [6.07, 6.45) is 7.68. The summed E-state index contributed by atoms with van der Waals surface area (Å²) >= 11 is 0. The van der Waals surface area contributed by atoms with Crippen LogP contribution >= 0.6 is 0 Å².